The lowest BCUT2D eigenvalue weighted by Crippen LogP contribution is -2.23. The SMILES string of the molecule is Cc1coc(C(=O)NCc2cccc(-c3cnn(C)c3)c2)c1C. The smallest absolute Gasteiger partial charge is 0.287 e. The van der Waals surface area contributed by atoms with Gasteiger partial charge in [0, 0.05) is 30.9 Å². The number of furan rings is 1. The van der Waals surface area contributed by atoms with Crippen LogP contribution in [0.1, 0.15) is 27.2 Å². The van der Waals surface area contributed by atoms with Crippen molar-refractivity contribution in [2.75, 3.05) is 0 Å². The van der Waals surface area contributed by atoms with Gasteiger partial charge in [0.05, 0.1) is 12.5 Å². The Kier molecular flexibility index (Phi) is 4.02. The Labute approximate surface area is 134 Å². The van der Waals surface area contributed by atoms with Crippen LogP contribution < -0.4 is 5.32 Å². The van der Waals surface area contributed by atoms with Gasteiger partial charge in [-0.15, -0.1) is 0 Å². The number of aromatic nitrogens is 2. The average Bonchev–Trinajstić information content (AvgIpc) is 3.12. The van der Waals surface area contributed by atoms with Crippen molar-refractivity contribution in [2.24, 2.45) is 7.05 Å². The van der Waals surface area contributed by atoms with Crippen molar-refractivity contribution < 1.29 is 9.21 Å². The minimum absolute atomic E-state index is 0.192. The molecular formula is C18H19N3O2. The molecule has 0 saturated heterocycles. The van der Waals surface area contributed by atoms with Gasteiger partial charge in [-0.25, -0.2) is 0 Å². The highest BCUT2D eigenvalue weighted by Gasteiger charge is 2.14. The fraction of sp³-hybridized carbons (Fsp3) is 0.222. The average molecular weight is 309 g/mol. The molecule has 5 nitrogen and oxygen atoms in total. The van der Waals surface area contributed by atoms with Gasteiger partial charge >= 0.3 is 0 Å². The zero-order chi connectivity index (χ0) is 16.4. The van der Waals surface area contributed by atoms with Crippen LogP contribution in [0, 0.1) is 13.8 Å². The number of nitrogens with zero attached hydrogens (tertiary/aromatic N) is 2. The number of nitrogens with one attached hydrogen (secondary N) is 1. The van der Waals surface area contributed by atoms with Crippen LogP contribution in [0.2, 0.25) is 0 Å². The molecule has 2 heterocycles. The van der Waals surface area contributed by atoms with Crippen molar-refractivity contribution >= 4 is 5.91 Å². The van der Waals surface area contributed by atoms with Crippen molar-refractivity contribution in [3.8, 4) is 11.1 Å². The minimum atomic E-state index is -0.192. The molecule has 0 unspecified atom stereocenters. The Morgan fingerprint density at radius 3 is 2.78 bits per heavy atom. The zero-order valence-electron chi connectivity index (χ0n) is 13.5. The van der Waals surface area contributed by atoms with Crippen LogP contribution in [-0.4, -0.2) is 15.7 Å². The van der Waals surface area contributed by atoms with Crippen molar-refractivity contribution in [1.29, 1.82) is 0 Å². The maximum absolute atomic E-state index is 12.2. The molecule has 5 heteroatoms. The lowest BCUT2D eigenvalue weighted by atomic mass is 10.1. The molecule has 0 aliphatic heterocycles. The van der Waals surface area contributed by atoms with Crippen LogP contribution in [0.3, 0.4) is 0 Å². The summed E-state index contributed by atoms with van der Waals surface area (Å²) >= 11 is 0. The molecule has 118 valence electrons. The van der Waals surface area contributed by atoms with Gasteiger partial charge in [-0.05, 0) is 36.6 Å². The van der Waals surface area contributed by atoms with Crippen LogP contribution in [-0.2, 0) is 13.6 Å². The molecule has 0 atom stereocenters. The van der Waals surface area contributed by atoms with E-state index in [4.69, 9.17) is 4.42 Å². The van der Waals surface area contributed by atoms with E-state index < -0.39 is 0 Å². The molecule has 0 bridgehead atoms. The van der Waals surface area contributed by atoms with Crippen molar-refractivity contribution in [3.63, 3.8) is 0 Å². The predicted octanol–water partition coefficient (Wildman–Crippen LogP) is 3.23. The van der Waals surface area contributed by atoms with E-state index in [0.717, 1.165) is 27.8 Å². The molecule has 2 aromatic heterocycles. The Balaban J connectivity index is 1.71. The molecule has 1 N–H and O–H groups in total. The molecular weight excluding hydrogens is 290 g/mol. The third-order valence-electron chi connectivity index (χ3n) is 3.91. The monoisotopic (exact) mass is 309 g/mol. The number of aryl methyl sites for hydroxylation is 2. The third-order valence-corrected chi connectivity index (χ3v) is 3.91. The van der Waals surface area contributed by atoms with Crippen LogP contribution in [0.15, 0.2) is 47.3 Å². The second-order valence-corrected chi connectivity index (χ2v) is 5.66. The maximum Gasteiger partial charge on any atom is 0.287 e. The lowest BCUT2D eigenvalue weighted by Gasteiger charge is -2.06. The summed E-state index contributed by atoms with van der Waals surface area (Å²) in [6.07, 6.45) is 5.40. The normalized spacial score (nSPS) is 10.7. The van der Waals surface area contributed by atoms with E-state index in [9.17, 15) is 4.79 Å². The highest BCUT2D eigenvalue weighted by molar-refractivity contribution is 5.93. The highest BCUT2D eigenvalue weighted by atomic mass is 16.3. The molecule has 0 aliphatic carbocycles. The Bertz CT molecular complexity index is 846. The van der Waals surface area contributed by atoms with Gasteiger partial charge in [-0.3, -0.25) is 9.48 Å². The van der Waals surface area contributed by atoms with Gasteiger partial charge in [0.25, 0.3) is 5.91 Å². The second kappa shape index (κ2) is 6.12. The van der Waals surface area contributed by atoms with Crippen LogP contribution >= 0.6 is 0 Å². The van der Waals surface area contributed by atoms with Crippen LogP contribution in [0.25, 0.3) is 11.1 Å². The first kappa shape index (κ1) is 15.1. The number of hydrogen-bond acceptors (Lipinski definition) is 3. The summed E-state index contributed by atoms with van der Waals surface area (Å²) in [4.78, 5) is 12.2. The van der Waals surface area contributed by atoms with E-state index in [1.165, 1.54) is 0 Å². The fourth-order valence-electron chi connectivity index (χ4n) is 2.42. The topological polar surface area (TPSA) is 60.1 Å². The van der Waals surface area contributed by atoms with Gasteiger partial charge < -0.3 is 9.73 Å². The Morgan fingerprint density at radius 2 is 2.13 bits per heavy atom. The molecule has 0 spiro atoms. The second-order valence-electron chi connectivity index (χ2n) is 5.66. The summed E-state index contributed by atoms with van der Waals surface area (Å²) in [6, 6.07) is 8.05. The van der Waals surface area contributed by atoms with Crippen molar-refractivity contribution in [1.82, 2.24) is 15.1 Å². The van der Waals surface area contributed by atoms with Crippen molar-refractivity contribution in [3.05, 3.63) is 65.4 Å². The predicted molar refractivity (Wildman–Crippen MR) is 88.0 cm³/mol. The zero-order valence-corrected chi connectivity index (χ0v) is 13.5. The van der Waals surface area contributed by atoms with Gasteiger partial charge in [0.1, 0.15) is 0 Å². The van der Waals surface area contributed by atoms with Crippen LogP contribution in [0.5, 0.6) is 0 Å². The Hall–Kier alpha value is -2.82. The summed E-state index contributed by atoms with van der Waals surface area (Å²) in [5.41, 5.74) is 5.02. The number of amides is 1. The number of carbonyl (C=O) groups is 1. The number of rotatable bonds is 4. The molecule has 0 radical (unpaired) electrons. The van der Waals surface area contributed by atoms with E-state index in [1.807, 2.05) is 51.5 Å². The molecule has 0 fully saturated rings. The first-order valence-electron chi connectivity index (χ1n) is 7.45. The standard InChI is InChI=1S/C18H19N3O2/c1-12-11-23-17(13(12)2)18(22)19-8-14-5-4-6-15(7-14)16-9-20-21(3)10-16/h4-7,9-11H,8H2,1-3H3,(H,19,22). The van der Waals surface area contributed by atoms with Gasteiger partial charge in [-0.2, -0.15) is 5.10 Å². The van der Waals surface area contributed by atoms with E-state index in [1.54, 1.807) is 10.9 Å². The first-order chi connectivity index (χ1) is 11.0. The van der Waals surface area contributed by atoms with E-state index >= 15 is 0 Å². The van der Waals surface area contributed by atoms with Gasteiger partial charge in [-0.1, -0.05) is 18.2 Å². The summed E-state index contributed by atoms with van der Waals surface area (Å²) in [7, 11) is 1.89. The van der Waals surface area contributed by atoms with Crippen LogP contribution in [0.4, 0.5) is 0 Å². The number of benzene rings is 1. The first-order valence-corrected chi connectivity index (χ1v) is 7.45. The summed E-state index contributed by atoms with van der Waals surface area (Å²) in [5.74, 6) is 0.188. The van der Waals surface area contributed by atoms with Crippen molar-refractivity contribution in [2.45, 2.75) is 20.4 Å². The lowest BCUT2D eigenvalue weighted by molar-refractivity contribution is 0.0922. The molecule has 23 heavy (non-hydrogen) atoms. The maximum atomic E-state index is 12.2. The molecule has 0 aliphatic rings. The number of hydrogen-bond donors (Lipinski definition) is 1. The van der Waals surface area contributed by atoms with E-state index in [2.05, 4.69) is 16.5 Å². The van der Waals surface area contributed by atoms with E-state index in [0.29, 0.717) is 12.3 Å². The molecule has 3 aromatic rings. The summed E-state index contributed by atoms with van der Waals surface area (Å²) < 4.78 is 7.09. The number of carbonyl (C=O) groups excluding carboxylic acids is 1. The molecule has 0 saturated carbocycles. The van der Waals surface area contributed by atoms with Gasteiger partial charge in [0.2, 0.25) is 0 Å². The minimum Gasteiger partial charge on any atom is -0.459 e. The Morgan fingerprint density at radius 1 is 1.30 bits per heavy atom. The summed E-state index contributed by atoms with van der Waals surface area (Å²) in [6.45, 7) is 4.26. The largest absolute Gasteiger partial charge is 0.459 e. The molecule has 1 amide bonds. The van der Waals surface area contributed by atoms with E-state index in [-0.39, 0.29) is 5.91 Å². The molecule has 3 rings (SSSR count). The summed E-state index contributed by atoms with van der Waals surface area (Å²) in [5, 5.41) is 7.08. The third kappa shape index (κ3) is 3.18. The van der Waals surface area contributed by atoms with Gasteiger partial charge in [0.15, 0.2) is 5.76 Å². The molecule has 1 aromatic carbocycles. The fourth-order valence-corrected chi connectivity index (χ4v) is 2.42. The highest BCUT2D eigenvalue weighted by Crippen LogP contribution is 2.20. The quantitative estimate of drug-likeness (QED) is 0.805.